The van der Waals surface area contributed by atoms with Crippen LogP contribution < -0.4 is 5.73 Å². The Hall–Kier alpha value is 0.250. The molecule has 0 bridgehead atoms. The van der Waals surface area contributed by atoms with Gasteiger partial charge in [-0.05, 0) is 12.3 Å². The van der Waals surface area contributed by atoms with Crippen molar-refractivity contribution >= 4 is 12.4 Å². The van der Waals surface area contributed by atoms with Crippen molar-refractivity contribution in [3.8, 4) is 0 Å². The van der Waals surface area contributed by atoms with E-state index in [4.69, 9.17) is 5.73 Å². The quantitative estimate of drug-likeness (QED) is 0.617. The third-order valence-electron chi connectivity index (χ3n) is 1.33. The summed E-state index contributed by atoms with van der Waals surface area (Å²) < 4.78 is 0. The predicted octanol–water partition coefficient (Wildman–Crippen LogP) is 1.80. The Morgan fingerprint density at radius 3 is 1.75 bits per heavy atom. The molecule has 1 unspecified atom stereocenters. The highest BCUT2D eigenvalue weighted by atomic mass is 35.5. The third-order valence-corrected chi connectivity index (χ3v) is 1.33. The van der Waals surface area contributed by atoms with Crippen molar-refractivity contribution in [3.05, 3.63) is 0 Å². The molecule has 0 aliphatic carbocycles. The van der Waals surface area contributed by atoms with Crippen molar-refractivity contribution in [3.63, 3.8) is 0 Å². The summed E-state index contributed by atoms with van der Waals surface area (Å²) in [6, 6.07) is 0.403. The molecule has 8 heavy (non-hydrogen) atoms. The molecule has 0 aromatic carbocycles. The number of nitrogens with two attached hydrogens (primary N) is 1. The van der Waals surface area contributed by atoms with E-state index in [9.17, 15) is 0 Å². The molecule has 0 rings (SSSR count). The summed E-state index contributed by atoms with van der Waals surface area (Å²) >= 11 is 0. The van der Waals surface area contributed by atoms with Crippen LogP contribution in [0.2, 0.25) is 0 Å². The molecular formula is C6H16ClN. The van der Waals surface area contributed by atoms with E-state index < -0.39 is 0 Å². The van der Waals surface area contributed by atoms with E-state index in [1.807, 2.05) is 0 Å². The van der Waals surface area contributed by atoms with E-state index in [0.29, 0.717) is 12.0 Å². The van der Waals surface area contributed by atoms with Crippen LogP contribution in [0, 0.1) is 5.92 Å². The molecule has 1 atom stereocenters. The third kappa shape index (κ3) is 4.41. The standard InChI is InChI=1S/C6H15N.ClH/c1-4-6(7)5(2)3;/h5-6H,4,7H2,1-3H3;1H. The van der Waals surface area contributed by atoms with E-state index in [0.717, 1.165) is 6.42 Å². The Balaban J connectivity index is 0. The van der Waals surface area contributed by atoms with Gasteiger partial charge in [-0.2, -0.15) is 0 Å². The lowest BCUT2D eigenvalue weighted by molar-refractivity contribution is 0.481. The van der Waals surface area contributed by atoms with Crippen LogP contribution in [0.5, 0.6) is 0 Å². The molecule has 0 aliphatic rings. The van der Waals surface area contributed by atoms with Crippen LogP contribution in [0.3, 0.4) is 0 Å². The van der Waals surface area contributed by atoms with Crippen molar-refractivity contribution in [1.29, 1.82) is 0 Å². The summed E-state index contributed by atoms with van der Waals surface area (Å²) in [5.74, 6) is 0.644. The van der Waals surface area contributed by atoms with Crippen LogP contribution in [0.4, 0.5) is 0 Å². The van der Waals surface area contributed by atoms with Crippen LogP contribution >= 0.6 is 12.4 Å². The maximum Gasteiger partial charge on any atom is 0.00592 e. The van der Waals surface area contributed by atoms with Crippen LogP contribution in [-0.2, 0) is 0 Å². The minimum absolute atomic E-state index is 0. The van der Waals surface area contributed by atoms with Gasteiger partial charge < -0.3 is 5.73 Å². The Kier molecular flexibility index (Phi) is 7.48. The average molecular weight is 138 g/mol. The lowest BCUT2D eigenvalue weighted by Crippen LogP contribution is -2.24. The molecule has 0 aliphatic heterocycles. The van der Waals surface area contributed by atoms with Gasteiger partial charge in [-0.3, -0.25) is 0 Å². The van der Waals surface area contributed by atoms with E-state index in [1.54, 1.807) is 0 Å². The van der Waals surface area contributed by atoms with Crippen molar-refractivity contribution < 1.29 is 0 Å². The normalized spacial score (nSPS) is 13.1. The van der Waals surface area contributed by atoms with Gasteiger partial charge in [0.25, 0.3) is 0 Å². The summed E-state index contributed by atoms with van der Waals surface area (Å²) in [7, 11) is 0. The molecule has 0 heterocycles. The van der Waals surface area contributed by atoms with Crippen molar-refractivity contribution in [2.45, 2.75) is 33.2 Å². The molecule has 0 fully saturated rings. The molecule has 1 nitrogen and oxygen atoms in total. The maximum atomic E-state index is 5.62. The highest BCUT2D eigenvalue weighted by Gasteiger charge is 2.01. The molecule has 0 radical (unpaired) electrons. The highest BCUT2D eigenvalue weighted by molar-refractivity contribution is 5.85. The van der Waals surface area contributed by atoms with Gasteiger partial charge in [0.2, 0.25) is 0 Å². The smallest absolute Gasteiger partial charge is 0.00592 e. The Labute approximate surface area is 58.1 Å². The molecule has 52 valence electrons. The van der Waals surface area contributed by atoms with Gasteiger partial charge in [-0.25, -0.2) is 0 Å². The summed E-state index contributed by atoms with van der Waals surface area (Å²) in [4.78, 5) is 0. The molecule has 2 heteroatoms. The lowest BCUT2D eigenvalue weighted by Gasteiger charge is -2.10. The summed E-state index contributed by atoms with van der Waals surface area (Å²) in [5.41, 5.74) is 5.62. The molecule has 0 aromatic heterocycles. The highest BCUT2D eigenvalue weighted by Crippen LogP contribution is 1.99. The topological polar surface area (TPSA) is 26.0 Å². The monoisotopic (exact) mass is 137 g/mol. The molecule has 0 spiro atoms. The maximum absolute atomic E-state index is 5.62. The van der Waals surface area contributed by atoms with Crippen LogP contribution in [0.25, 0.3) is 0 Å². The molecule has 2 N–H and O–H groups in total. The molecule has 0 saturated carbocycles. The number of rotatable bonds is 2. The Bertz CT molecular complexity index is 45.8. The predicted molar refractivity (Wildman–Crippen MR) is 40.4 cm³/mol. The van der Waals surface area contributed by atoms with Gasteiger partial charge >= 0.3 is 0 Å². The van der Waals surface area contributed by atoms with Crippen molar-refractivity contribution in [1.82, 2.24) is 0 Å². The summed E-state index contributed by atoms with van der Waals surface area (Å²) in [5, 5.41) is 0. The van der Waals surface area contributed by atoms with Crippen LogP contribution in [-0.4, -0.2) is 6.04 Å². The average Bonchev–Trinajstić information content (AvgIpc) is 1.65. The molecule has 0 aromatic rings. The SMILES string of the molecule is CCC(N)C(C)C.Cl. The molecule has 0 amide bonds. The van der Waals surface area contributed by atoms with Crippen molar-refractivity contribution in [2.24, 2.45) is 11.7 Å². The Morgan fingerprint density at radius 1 is 1.38 bits per heavy atom. The minimum atomic E-state index is 0. The second-order valence-corrected chi connectivity index (χ2v) is 2.32. The minimum Gasteiger partial charge on any atom is -0.327 e. The van der Waals surface area contributed by atoms with E-state index >= 15 is 0 Å². The van der Waals surface area contributed by atoms with Gasteiger partial charge in [-0.15, -0.1) is 12.4 Å². The van der Waals surface area contributed by atoms with Crippen LogP contribution in [0.15, 0.2) is 0 Å². The zero-order valence-corrected chi connectivity index (χ0v) is 6.66. The second kappa shape index (κ2) is 5.39. The van der Waals surface area contributed by atoms with Gasteiger partial charge in [0.1, 0.15) is 0 Å². The number of halogens is 1. The van der Waals surface area contributed by atoms with Gasteiger partial charge in [0.15, 0.2) is 0 Å². The first-order chi connectivity index (χ1) is 3.18. The number of hydrogen-bond donors (Lipinski definition) is 1. The fraction of sp³-hybridized carbons (Fsp3) is 1.00. The fourth-order valence-electron chi connectivity index (χ4n) is 0.471. The first-order valence-electron chi connectivity index (χ1n) is 2.94. The fourth-order valence-corrected chi connectivity index (χ4v) is 0.471. The van der Waals surface area contributed by atoms with Gasteiger partial charge in [0.05, 0.1) is 0 Å². The second-order valence-electron chi connectivity index (χ2n) is 2.32. The molecular weight excluding hydrogens is 122 g/mol. The van der Waals surface area contributed by atoms with E-state index in [1.165, 1.54) is 0 Å². The van der Waals surface area contributed by atoms with E-state index in [-0.39, 0.29) is 12.4 Å². The lowest BCUT2D eigenvalue weighted by atomic mass is 10.0. The van der Waals surface area contributed by atoms with E-state index in [2.05, 4.69) is 20.8 Å². The van der Waals surface area contributed by atoms with Gasteiger partial charge in [0, 0.05) is 6.04 Å². The first-order valence-corrected chi connectivity index (χ1v) is 2.94. The first kappa shape index (κ1) is 11.1. The largest absolute Gasteiger partial charge is 0.327 e. The number of hydrogen-bond acceptors (Lipinski definition) is 1. The Morgan fingerprint density at radius 2 is 1.75 bits per heavy atom. The summed E-state index contributed by atoms with van der Waals surface area (Å²) in [6.07, 6.45) is 1.09. The summed E-state index contributed by atoms with van der Waals surface area (Å²) in [6.45, 7) is 6.41. The zero-order valence-electron chi connectivity index (χ0n) is 5.85. The molecule has 0 saturated heterocycles. The van der Waals surface area contributed by atoms with Crippen LogP contribution in [0.1, 0.15) is 27.2 Å². The van der Waals surface area contributed by atoms with Gasteiger partial charge in [-0.1, -0.05) is 20.8 Å². The van der Waals surface area contributed by atoms with Crippen molar-refractivity contribution in [2.75, 3.05) is 0 Å². The zero-order chi connectivity index (χ0) is 5.86.